The lowest BCUT2D eigenvalue weighted by molar-refractivity contribution is 0.143. The Hall–Kier alpha value is -2.61. The fraction of sp³-hybridized carbons (Fsp3) is 0.385. The van der Waals surface area contributed by atoms with Crippen LogP contribution in [0.15, 0.2) is 48.7 Å². The number of aryl methyl sites for hydroxylation is 2. The number of hydrogen-bond donors (Lipinski definition) is 3. The van der Waals surface area contributed by atoms with Gasteiger partial charge in [-0.2, -0.15) is 0 Å². The number of halogens is 3. The van der Waals surface area contributed by atoms with Gasteiger partial charge in [0.15, 0.2) is 0 Å². The van der Waals surface area contributed by atoms with Crippen molar-refractivity contribution < 1.29 is 13.9 Å². The normalized spacial score (nSPS) is 17.1. The molecular weight excluding hydrogens is 458 g/mol. The molecule has 3 aromatic rings. The van der Waals surface area contributed by atoms with Crippen LogP contribution in [0.1, 0.15) is 48.1 Å². The zero-order chi connectivity index (χ0) is 24.1. The Morgan fingerprint density at radius 1 is 1.12 bits per heavy atom. The summed E-state index contributed by atoms with van der Waals surface area (Å²) in [7, 11) is 0. The number of rotatable bonds is 9. The van der Waals surface area contributed by atoms with Crippen molar-refractivity contribution in [3.63, 3.8) is 0 Å². The van der Waals surface area contributed by atoms with Crippen LogP contribution in [0.3, 0.4) is 0 Å². The molecule has 1 aliphatic rings. The van der Waals surface area contributed by atoms with E-state index in [-0.39, 0.29) is 17.7 Å². The molecule has 0 aliphatic heterocycles. The van der Waals surface area contributed by atoms with Gasteiger partial charge in [0.05, 0.1) is 12.1 Å². The third-order valence-electron chi connectivity index (χ3n) is 6.31. The Morgan fingerprint density at radius 3 is 2.65 bits per heavy atom. The number of nitrogens with one attached hydrogen (secondary N) is 2. The molecule has 0 radical (unpaired) electrons. The molecule has 3 atom stereocenters. The van der Waals surface area contributed by atoms with Gasteiger partial charge in [0.1, 0.15) is 17.5 Å². The van der Waals surface area contributed by atoms with Gasteiger partial charge in [-0.1, -0.05) is 25.1 Å². The smallest absolute Gasteiger partial charge is 0.224 e. The van der Waals surface area contributed by atoms with E-state index in [2.05, 4.69) is 45.7 Å². The second-order valence-electron chi connectivity index (χ2n) is 8.75. The zero-order valence-corrected chi connectivity index (χ0v) is 19.8. The minimum atomic E-state index is -0.861. The van der Waals surface area contributed by atoms with Crippen LogP contribution in [-0.2, 0) is 19.3 Å². The van der Waals surface area contributed by atoms with Crippen molar-refractivity contribution in [3.05, 3.63) is 87.8 Å². The predicted octanol–water partition coefficient (Wildman–Crippen LogP) is 5.02. The minimum absolute atomic E-state index is 0.0682. The van der Waals surface area contributed by atoms with Crippen LogP contribution in [0.4, 0.5) is 14.6 Å². The maximum atomic E-state index is 13.8. The molecule has 0 fully saturated rings. The SMILES string of the molecule is CCc1ccc2c(c1)[C@@H](NC[C@@H](O)[C@H](Cc1cc(F)cc(F)c1)Nc1ccnc(Cl)n1)CCC2. The van der Waals surface area contributed by atoms with Crippen LogP contribution >= 0.6 is 11.6 Å². The van der Waals surface area contributed by atoms with E-state index in [4.69, 9.17) is 11.6 Å². The standard InChI is InChI=1S/C26H29ClF2N4O/c1-2-16-6-7-18-4-3-5-22(21(18)12-16)31-15-24(34)23(32-25-8-9-30-26(27)33-25)13-17-10-19(28)14-20(29)11-17/h6-12,14,22-24,31,34H,2-5,13,15H2,1H3,(H,30,32,33)/t22-,23-,24+/m0/s1. The summed E-state index contributed by atoms with van der Waals surface area (Å²) in [6.45, 7) is 2.44. The molecule has 4 rings (SSSR count). The van der Waals surface area contributed by atoms with Crippen molar-refractivity contribution >= 4 is 17.4 Å². The van der Waals surface area contributed by atoms with Gasteiger partial charge >= 0.3 is 0 Å². The van der Waals surface area contributed by atoms with Gasteiger partial charge in [-0.25, -0.2) is 18.7 Å². The van der Waals surface area contributed by atoms with E-state index in [9.17, 15) is 13.9 Å². The summed E-state index contributed by atoms with van der Waals surface area (Å²) >= 11 is 5.91. The molecule has 34 heavy (non-hydrogen) atoms. The third-order valence-corrected chi connectivity index (χ3v) is 6.49. The monoisotopic (exact) mass is 486 g/mol. The number of aliphatic hydroxyl groups is 1. The highest BCUT2D eigenvalue weighted by atomic mass is 35.5. The molecule has 8 heteroatoms. The van der Waals surface area contributed by atoms with E-state index in [1.54, 1.807) is 6.07 Å². The fourth-order valence-electron chi connectivity index (χ4n) is 4.56. The van der Waals surface area contributed by atoms with E-state index < -0.39 is 23.8 Å². The van der Waals surface area contributed by atoms with E-state index >= 15 is 0 Å². The molecule has 0 unspecified atom stereocenters. The number of hydrogen-bond acceptors (Lipinski definition) is 5. The Bertz CT molecular complexity index is 1110. The molecule has 0 bridgehead atoms. The van der Waals surface area contributed by atoms with E-state index in [1.165, 1.54) is 35.0 Å². The number of fused-ring (bicyclic) bond motifs is 1. The molecule has 5 nitrogen and oxygen atoms in total. The summed E-state index contributed by atoms with van der Waals surface area (Å²) < 4.78 is 27.6. The van der Waals surface area contributed by atoms with E-state index in [1.807, 2.05) is 0 Å². The first-order chi connectivity index (χ1) is 16.4. The topological polar surface area (TPSA) is 70.1 Å². The molecule has 0 amide bonds. The summed E-state index contributed by atoms with van der Waals surface area (Å²) in [5.74, 6) is -0.884. The van der Waals surface area contributed by atoms with Crippen molar-refractivity contribution in [2.24, 2.45) is 0 Å². The van der Waals surface area contributed by atoms with Crippen molar-refractivity contribution in [2.45, 2.75) is 57.2 Å². The highest BCUT2D eigenvalue weighted by Gasteiger charge is 2.25. The summed E-state index contributed by atoms with van der Waals surface area (Å²) in [5.41, 5.74) is 4.36. The maximum absolute atomic E-state index is 13.8. The quantitative estimate of drug-likeness (QED) is 0.370. The fourth-order valence-corrected chi connectivity index (χ4v) is 4.70. The third kappa shape index (κ3) is 6.29. The molecule has 180 valence electrons. The van der Waals surface area contributed by atoms with Gasteiger partial charge in [-0.3, -0.25) is 0 Å². The average molecular weight is 487 g/mol. The average Bonchev–Trinajstić information content (AvgIpc) is 2.81. The van der Waals surface area contributed by atoms with Crippen LogP contribution in [0.2, 0.25) is 5.28 Å². The highest BCUT2D eigenvalue weighted by Crippen LogP contribution is 2.31. The van der Waals surface area contributed by atoms with Gasteiger partial charge < -0.3 is 15.7 Å². The second kappa shape index (κ2) is 11.2. The Labute approximate surface area is 203 Å². The van der Waals surface area contributed by atoms with Gasteiger partial charge in [0.25, 0.3) is 0 Å². The summed E-state index contributed by atoms with van der Waals surface area (Å²) in [6.07, 6.45) is 4.94. The van der Waals surface area contributed by atoms with Gasteiger partial charge in [-0.05, 0) is 84.2 Å². The molecule has 1 aromatic heterocycles. The van der Waals surface area contributed by atoms with E-state index in [0.717, 1.165) is 31.7 Å². The van der Waals surface area contributed by atoms with Crippen LogP contribution in [0, 0.1) is 11.6 Å². The van der Waals surface area contributed by atoms with Crippen molar-refractivity contribution in [2.75, 3.05) is 11.9 Å². The number of nitrogens with zero attached hydrogens (tertiary/aromatic N) is 2. The number of aliphatic hydroxyl groups excluding tert-OH is 1. The van der Waals surface area contributed by atoms with Crippen molar-refractivity contribution in [3.8, 4) is 0 Å². The second-order valence-corrected chi connectivity index (χ2v) is 9.09. The van der Waals surface area contributed by atoms with Gasteiger partial charge in [0, 0.05) is 24.8 Å². The Morgan fingerprint density at radius 2 is 1.91 bits per heavy atom. The summed E-state index contributed by atoms with van der Waals surface area (Å²) in [6, 6.07) is 11.2. The van der Waals surface area contributed by atoms with Gasteiger partial charge in [-0.15, -0.1) is 0 Å². The van der Waals surface area contributed by atoms with E-state index in [0.29, 0.717) is 17.9 Å². The van der Waals surface area contributed by atoms with Gasteiger partial charge in [0.2, 0.25) is 5.28 Å². The summed E-state index contributed by atoms with van der Waals surface area (Å²) in [4.78, 5) is 8.01. The van der Waals surface area contributed by atoms with Crippen molar-refractivity contribution in [1.82, 2.24) is 15.3 Å². The molecule has 0 spiro atoms. The number of aromatic nitrogens is 2. The Balaban J connectivity index is 1.50. The predicted molar refractivity (Wildman–Crippen MR) is 130 cm³/mol. The minimum Gasteiger partial charge on any atom is -0.390 e. The molecule has 2 aromatic carbocycles. The first-order valence-corrected chi connectivity index (χ1v) is 12.0. The molecule has 0 saturated heterocycles. The van der Waals surface area contributed by atoms with Crippen LogP contribution < -0.4 is 10.6 Å². The van der Waals surface area contributed by atoms with Crippen LogP contribution in [-0.4, -0.2) is 33.8 Å². The zero-order valence-electron chi connectivity index (χ0n) is 19.1. The lowest BCUT2D eigenvalue weighted by Gasteiger charge is -2.30. The molecular formula is C26H29ClF2N4O. The number of anilines is 1. The lowest BCUT2D eigenvalue weighted by atomic mass is 9.86. The summed E-state index contributed by atoms with van der Waals surface area (Å²) in [5, 5.41) is 17.9. The molecule has 3 N–H and O–H groups in total. The highest BCUT2D eigenvalue weighted by molar-refractivity contribution is 6.28. The largest absolute Gasteiger partial charge is 0.390 e. The first kappa shape index (κ1) is 24.5. The lowest BCUT2D eigenvalue weighted by Crippen LogP contribution is -2.43. The van der Waals surface area contributed by atoms with Crippen LogP contribution in [0.25, 0.3) is 0 Å². The molecule has 1 aliphatic carbocycles. The van der Waals surface area contributed by atoms with Crippen molar-refractivity contribution in [1.29, 1.82) is 0 Å². The van der Waals surface area contributed by atoms with Crippen LogP contribution in [0.5, 0.6) is 0 Å². The molecule has 1 heterocycles. The molecule has 0 saturated carbocycles. The number of benzene rings is 2. The Kier molecular flexibility index (Phi) is 8.08. The maximum Gasteiger partial charge on any atom is 0.224 e. The first-order valence-electron chi connectivity index (χ1n) is 11.6.